The normalized spacial score (nSPS) is 16.2. The van der Waals surface area contributed by atoms with Gasteiger partial charge in [-0.2, -0.15) is 13.9 Å². The number of halogens is 2. The summed E-state index contributed by atoms with van der Waals surface area (Å²) in [5.74, 6) is 0.230. The highest BCUT2D eigenvalue weighted by Gasteiger charge is 2.33. The van der Waals surface area contributed by atoms with Crippen LogP contribution in [0, 0.1) is 11.3 Å². The van der Waals surface area contributed by atoms with Crippen molar-refractivity contribution in [1.82, 2.24) is 8.61 Å². The van der Waals surface area contributed by atoms with Crippen molar-refractivity contribution in [1.29, 1.82) is 5.26 Å². The molecule has 0 aromatic heterocycles. The van der Waals surface area contributed by atoms with Crippen molar-refractivity contribution < 1.29 is 21.6 Å². The fraction of sp³-hybridized carbons (Fsp3) is 0.278. The molecular weight excluding hydrogens is 473 g/mol. The summed E-state index contributed by atoms with van der Waals surface area (Å²) >= 11 is 12.0. The number of ether oxygens (including phenoxy) is 1. The van der Waals surface area contributed by atoms with Crippen molar-refractivity contribution >= 4 is 43.2 Å². The van der Waals surface area contributed by atoms with Crippen LogP contribution in [0.3, 0.4) is 0 Å². The fourth-order valence-corrected chi connectivity index (χ4v) is 5.85. The van der Waals surface area contributed by atoms with Crippen LogP contribution in [-0.4, -0.2) is 57.9 Å². The molecule has 1 aliphatic rings. The minimum Gasteiger partial charge on any atom is -0.456 e. The molecule has 0 N–H and O–H groups in total. The van der Waals surface area contributed by atoms with E-state index in [0.29, 0.717) is 10.0 Å². The highest BCUT2D eigenvalue weighted by Crippen LogP contribution is 2.34. The Morgan fingerprint density at radius 2 is 1.50 bits per heavy atom. The number of nitrogens with zero attached hydrogens (tertiary/aromatic N) is 3. The first-order valence-corrected chi connectivity index (χ1v) is 12.7. The van der Waals surface area contributed by atoms with Gasteiger partial charge in [0, 0.05) is 36.2 Å². The second-order valence-electron chi connectivity index (χ2n) is 6.55. The van der Waals surface area contributed by atoms with E-state index in [1.54, 1.807) is 0 Å². The summed E-state index contributed by atoms with van der Waals surface area (Å²) in [4.78, 5) is -0.203. The van der Waals surface area contributed by atoms with Gasteiger partial charge in [-0.3, -0.25) is 0 Å². The van der Waals surface area contributed by atoms with Crippen LogP contribution < -0.4 is 4.74 Å². The van der Waals surface area contributed by atoms with Gasteiger partial charge >= 0.3 is 0 Å². The lowest BCUT2D eigenvalue weighted by atomic mass is 10.2. The standard InChI is InChI=1S/C18H17Cl2N3O5S2/c1-29(24,25)22-4-6-23(7-5-22)30(26,27)18-8-13(12-21)2-3-17(18)28-16-10-14(19)9-15(20)11-16/h2-3,8-11H,4-7H2,1H3. The summed E-state index contributed by atoms with van der Waals surface area (Å²) in [6, 6.07) is 10.4. The van der Waals surface area contributed by atoms with E-state index in [9.17, 15) is 22.1 Å². The van der Waals surface area contributed by atoms with E-state index in [-0.39, 0.29) is 48.1 Å². The molecule has 0 radical (unpaired) electrons. The van der Waals surface area contributed by atoms with Crippen LogP contribution >= 0.6 is 23.2 Å². The van der Waals surface area contributed by atoms with Gasteiger partial charge < -0.3 is 4.74 Å². The molecule has 30 heavy (non-hydrogen) atoms. The zero-order valence-corrected chi connectivity index (χ0v) is 18.9. The number of sulfonamides is 2. The van der Waals surface area contributed by atoms with Gasteiger partial charge in [0.15, 0.2) is 0 Å². The first kappa shape index (κ1) is 22.8. The maximum absolute atomic E-state index is 13.3. The Morgan fingerprint density at radius 1 is 0.933 bits per heavy atom. The third-order valence-corrected chi connectivity index (χ3v) is 8.08. The van der Waals surface area contributed by atoms with Gasteiger partial charge in [-0.1, -0.05) is 23.2 Å². The molecule has 2 aromatic rings. The minimum absolute atomic E-state index is 0.00197. The smallest absolute Gasteiger partial charge is 0.246 e. The molecule has 0 atom stereocenters. The van der Waals surface area contributed by atoms with Gasteiger partial charge in [0.1, 0.15) is 16.4 Å². The number of rotatable bonds is 5. The SMILES string of the molecule is CS(=O)(=O)N1CCN(S(=O)(=O)c2cc(C#N)ccc2Oc2cc(Cl)cc(Cl)c2)CC1. The predicted octanol–water partition coefficient (Wildman–Crippen LogP) is 2.92. The molecule has 0 spiro atoms. The molecule has 3 rings (SSSR count). The van der Waals surface area contributed by atoms with Crippen LogP contribution in [0.1, 0.15) is 5.56 Å². The molecule has 0 saturated carbocycles. The van der Waals surface area contributed by atoms with Crippen molar-refractivity contribution in [3.8, 4) is 17.6 Å². The molecule has 1 aliphatic heterocycles. The van der Waals surface area contributed by atoms with Gasteiger partial charge in [-0.05, 0) is 36.4 Å². The van der Waals surface area contributed by atoms with Crippen LogP contribution in [0.5, 0.6) is 11.5 Å². The van der Waals surface area contributed by atoms with Crippen LogP contribution in [0.2, 0.25) is 10.0 Å². The van der Waals surface area contributed by atoms with E-state index in [4.69, 9.17) is 27.9 Å². The Bertz CT molecular complexity index is 1200. The average Bonchev–Trinajstić information content (AvgIpc) is 2.67. The molecule has 2 aromatic carbocycles. The highest BCUT2D eigenvalue weighted by atomic mass is 35.5. The third-order valence-electron chi connectivity index (χ3n) is 4.42. The maximum Gasteiger partial charge on any atom is 0.246 e. The molecule has 0 aliphatic carbocycles. The Labute approximate surface area is 185 Å². The molecular formula is C18H17Cl2N3O5S2. The van der Waals surface area contributed by atoms with Gasteiger partial charge in [-0.15, -0.1) is 0 Å². The fourth-order valence-electron chi connectivity index (χ4n) is 2.96. The van der Waals surface area contributed by atoms with E-state index < -0.39 is 20.0 Å². The van der Waals surface area contributed by atoms with Crippen molar-refractivity contribution in [3.05, 3.63) is 52.0 Å². The Balaban J connectivity index is 1.96. The first-order chi connectivity index (χ1) is 14.0. The minimum atomic E-state index is -4.06. The molecule has 0 unspecified atom stereocenters. The van der Waals surface area contributed by atoms with Gasteiger partial charge in [0.05, 0.1) is 17.9 Å². The van der Waals surface area contributed by atoms with Crippen molar-refractivity contribution in [2.24, 2.45) is 0 Å². The predicted molar refractivity (Wildman–Crippen MR) is 113 cm³/mol. The van der Waals surface area contributed by atoms with Crippen molar-refractivity contribution in [3.63, 3.8) is 0 Å². The first-order valence-electron chi connectivity index (χ1n) is 8.64. The molecule has 1 fully saturated rings. The van der Waals surface area contributed by atoms with Crippen LogP contribution in [0.4, 0.5) is 0 Å². The van der Waals surface area contributed by atoms with Crippen molar-refractivity contribution in [2.75, 3.05) is 32.4 Å². The second kappa shape index (κ2) is 8.70. The maximum atomic E-state index is 13.3. The number of hydrogen-bond donors (Lipinski definition) is 0. The zero-order valence-electron chi connectivity index (χ0n) is 15.7. The van der Waals surface area contributed by atoms with Crippen LogP contribution in [-0.2, 0) is 20.0 Å². The van der Waals surface area contributed by atoms with Gasteiger partial charge in [-0.25, -0.2) is 16.8 Å². The molecule has 1 heterocycles. The van der Waals surface area contributed by atoms with E-state index >= 15 is 0 Å². The molecule has 0 bridgehead atoms. The summed E-state index contributed by atoms with van der Waals surface area (Å²) in [5.41, 5.74) is 0.139. The second-order valence-corrected chi connectivity index (χ2v) is 11.3. The topological polar surface area (TPSA) is 108 Å². The number of nitriles is 1. The molecule has 1 saturated heterocycles. The summed E-state index contributed by atoms with van der Waals surface area (Å²) in [6.07, 6.45) is 1.08. The lowest BCUT2D eigenvalue weighted by Gasteiger charge is -2.32. The van der Waals surface area contributed by atoms with E-state index in [1.807, 2.05) is 6.07 Å². The number of benzene rings is 2. The van der Waals surface area contributed by atoms with Gasteiger partial charge in [0.25, 0.3) is 0 Å². The van der Waals surface area contributed by atoms with E-state index in [0.717, 1.165) is 6.26 Å². The molecule has 160 valence electrons. The summed E-state index contributed by atoms with van der Waals surface area (Å²) in [5, 5.41) is 9.83. The number of hydrogen-bond acceptors (Lipinski definition) is 6. The average molecular weight is 490 g/mol. The Kier molecular flexibility index (Phi) is 6.62. The monoisotopic (exact) mass is 489 g/mol. The Hall–Kier alpha value is -1.87. The summed E-state index contributed by atoms with van der Waals surface area (Å²) < 4.78 is 58.0. The van der Waals surface area contributed by atoms with E-state index in [2.05, 4.69) is 0 Å². The largest absolute Gasteiger partial charge is 0.456 e. The van der Waals surface area contributed by atoms with Crippen LogP contribution in [0.25, 0.3) is 0 Å². The van der Waals surface area contributed by atoms with Gasteiger partial charge in [0.2, 0.25) is 20.0 Å². The number of piperazine rings is 1. The highest BCUT2D eigenvalue weighted by molar-refractivity contribution is 7.89. The van der Waals surface area contributed by atoms with Crippen LogP contribution in [0.15, 0.2) is 41.3 Å². The summed E-state index contributed by atoms with van der Waals surface area (Å²) in [6.45, 7) is 0.0371. The molecule has 0 amide bonds. The lowest BCUT2D eigenvalue weighted by Crippen LogP contribution is -2.50. The molecule has 12 heteroatoms. The lowest BCUT2D eigenvalue weighted by molar-refractivity contribution is 0.273. The third kappa shape index (κ3) is 5.06. The molecule has 8 nitrogen and oxygen atoms in total. The van der Waals surface area contributed by atoms with Crippen molar-refractivity contribution in [2.45, 2.75) is 4.90 Å². The summed E-state index contributed by atoms with van der Waals surface area (Å²) in [7, 11) is -7.47. The zero-order chi connectivity index (χ0) is 22.1. The quantitative estimate of drug-likeness (QED) is 0.638. The Morgan fingerprint density at radius 3 is 2.03 bits per heavy atom. The van der Waals surface area contributed by atoms with E-state index in [1.165, 1.54) is 45.0 Å².